The van der Waals surface area contributed by atoms with E-state index in [9.17, 15) is 9.59 Å². The highest BCUT2D eigenvalue weighted by atomic mass is 127. The average molecular weight is 593 g/mol. The molecule has 2 aromatic rings. The second-order valence-electron chi connectivity index (χ2n) is 5.76. The molecule has 0 heterocycles. The number of nitrogens with one attached hydrogen (secondary N) is 3. The molecule has 0 atom stereocenters. The zero-order valence-corrected chi connectivity index (χ0v) is 19.2. The maximum absolute atomic E-state index is 12.4. The molecule has 0 radical (unpaired) electrons. The van der Waals surface area contributed by atoms with Crippen molar-refractivity contribution < 1.29 is 9.59 Å². The number of halogens is 2. The summed E-state index contributed by atoms with van der Waals surface area (Å²) >= 11 is 9.50. The molecule has 0 aliphatic rings. The van der Waals surface area contributed by atoms with Gasteiger partial charge in [0.15, 0.2) is 5.11 Å². The van der Waals surface area contributed by atoms with Crippen LogP contribution in [-0.2, 0) is 4.79 Å². The first-order valence-electron chi connectivity index (χ1n) is 7.74. The normalized spacial score (nSPS) is 10.3. The molecule has 0 saturated heterocycles. The van der Waals surface area contributed by atoms with Gasteiger partial charge in [-0.15, -0.1) is 0 Å². The quantitative estimate of drug-likeness (QED) is 0.358. The number of hydrogen-bond acceptors (Lipinski definition) is 3. The summed E-state index contributed by atoms with van der Waals surface area (Å²) in [6.45, 7) is 3.66. The largest absolute Gasteiger partial charge is 0.332 e. The predicted octanol–water partition coefficient (Wildman–Crippen LogP) is 4.62. The number of amides is 2. The summed E-state index contributed by atoms with van der Waals surface area (Å²) in [5.74, 6) is -0.441. The summed E-state index contributed by atoms with van der Waals surface area (Å²) in [5, 5.41) is 8.66. The van der Waals surface area contributed by atoms with Crippen LogP contribution < -0.4 is 16.0 Å². The third kappa shape index (κ3) is 6.16. The third-order valence-corrected chi connectivity index (χ3v) is 5.13. The van der Waals surface area contributed by atoms with Crippen LogP contribution >= 0.6 is 57.4 Å². The Morgan fingerprint density at radius 1 is 1.00 bits per heavy atom. The Balaban J connectivity index is 2.02. The van der Waals surface area contributed by atoms with E-state index in [2.05, 4.69) is 61.1 Å². The van der Waals surface area contributed by atoms with Crippen molar-refractivity contribution in [3.8, 4) is 0 Å². The second-order valence-corrected chi connectivity index (χ2v) is 8.57. The summed E-state index contributed by atoms with van der Waals surface area (Å²) in [6.07, 6.45) is 0. The number of carbonyl (C=O) groups excluding carboxylic acids is 2. The van der Waals surface area contributed by atoms with E-state index < -0.39 is 0 Å². The van der Waals surface area contributed by atoms with Crippen LogP contribution in [0.25, 0.3) is 0 Å². The van der Waals surface area contributed by atoms with Crippen LogP contribution in [0.3, 0.4) is 0 Å². The third-order valence-electron chi connectivity index (χ3n) is 3.31. The first-order chi connectivity index (χ1) is 12.3. The van der Waals surface area contributed by atoms with Gasteiger partial charge in [0.05, 0.1) is 5.56 Å². The fourth-order valence-corrected chi connectivity index (χ4v) is 3.25. The van der Waals surface area contributed by atoms with E-state index in [4.69, 9.17) is 12.2 Å². The van der Waals surface area contributed by atoms with Crippen molar-refractivity contribution in [1.82, 2.24) is 5.32 Å². The molecule has 5 nitrogen and oxygen atoms in total. The highest BCUT2D eigenvalue weighted by molar-refractivity contribution is 14.1. The molecule has 136 valence electrons. The van der Waals surface area contributed by atoms with Crippen LogP contribution in [0.2, 0.25) is 0 Å². The minimum atomic E-state index is -0.269. The van der Waals surface area contributed by atoms with Gasteiger partial charge in [0.25, 0.3) is 5.91 Å². The number of anilines is 2. The molecule has 0 bridgehead atoms. The fourth-order valence-electron chi connectivity index (χ4n) is 1.97. The summed E-state index contributed by atoms with van der Waals surface area (Å²) in [5.41, 5.74) is 1.91. The maximum atomic E-state index is 12.4. The van der Waals surface area contributed by atoms with E-state index in [0.29, 0.717) is 16.9 Å². The van der Waals surface area contributed by atoms with Crippen LogP contribution in [0.4, 0.5) is 11.4 Å². The summed E-state index contributed by atoms with van der Waals surface area (Å²) in [6, 6.07) is 12.8. The van der Waals surface area contributed by atoms with E-state index in [1.54, 1.807) is 24.3 Å². The predicted molar refractivity (Wildman–Crippen MR) is 125 cm³/mol. The van der Waals surface area contributed by atoms with Crippen molar-refractivity contribution in [1.29, 1.82) is 0 Å². The van der Waals surface area contributed by atoms with Gasteiger partial charge in [-0.3, -0.25) is 14.9 Å². The van der Waals surface area contributed by atoms with Crippen LogP contribution in [0.15, 0.2) is 42.5 Å². The molecule has 26 heavy (non-hydrogen) atoms. The fraction of sp³-hybridized carbons (Fsp3) is 0.167. The Kier molecular flexibility index (Phi) is 7.77. The van der Waals surface area contributed by atoms with Gasteiger partial charge in [-0.1, -0.05) is 19.9 Å². The van der Waals surface area contributed by atoms with Crippen molar-refractivity contribution >= 4 is 85.7 Å². The standard InChI is InChI=1S/C18H17I2N3O2S/c1-10(2)16(24)21-12-4-3-5-13(9-12)22-18(26)23-17(25)14-8-11(19)6-7-15(14)20/h3-10H,1-2H3,(H,21,24)(H2,22,23,25,26). The molecule has 0 fully saturated rings. The molecular formula is C18H17I2N3O2S. The lowest BCUT2D eigenvalue weighted by molar-refractivity contribution is -0.118. The number of hydrogen-bond donors (Lipinski definition) is 3. The van der Waals surface area contributed by atoms with Crippen LogP contribution in [0, 0.1) is 13.1 Å². The topological polar surface area (TPSA) is 70.2 Å². The van der Waals surface area contributed by atoms with Crippen molar-refractivity contribution in [3.05, 3.63) is 55.2 Å². The number of thiocarbonyl (C=S) groups is 1. The van der Waals surface area contributed by atoms with Crippen LogP contribution in [0.5, 0.6) is 0 Å². The lowest BCUT2D eigenvalue weighted by Crippen LogP contribution is -2.34. The highest BCUT2D eigenvalue weighted by Crippen LogP contribution is 2.17. The van der Waals surface area contributed by atoms with Crippen molar-refractivity contribution in [2.24, 2.45) is 5.92 Å². The Labute approximate surface area is 185 Å². The Hall–Kier alpha value is -1.27. The van der Waals surface area contributed by atoms with E-state index in [-0.39, 0.29) is 22.8 Å². The summed E-state index contributed by atoms with van der Waals surface area (Å²) < 4.78 is 1.82. The molecule has 0 spiro atoms. The van der Waals surface area contributed by atoms with E-state index in [1.165, 1.54) is 0 Å². The zero-order chi connectivity index (χ0) is 19.3. The van der Waals surface area contributed by atoms with Gasteiger partial charge in [-0.05, 0) is 93.8 Å². The van der Waals surface area contributed by atoms with Gasteiger partial charge in [-0.25, -0.2) is 0 Å². The van der Waals surface area contributed by atoms with Crippen LogP contribution in [-0.4, -0.2) is 16.9 Å². The Bertz CT molecular complexity index is 856. The molecule has 0 aliphatic heterocycles. The van der Waals surface area contributed by atoms with Crippen LogP contribution in [0.1, 0.15) is 24.2 Å². The van der Waals surface area contributed by atoms with Crippen molar-refractivity contribution in [2.75, 3.05) is 10.6 Å². The minimum absolute atomic E-state index is 0.0636. The zero-order valence-electron chi connectivity index (χ0n) is 14.1. The molecule has 0 aromatic heterocycles. The van der Waals surface area contributed by atoms with Gasteiger partial charge in [-0.2, -0.15) is 0 Å². The van der Waals surface area contributed by atoms with Gasteiger partial charge in [0.1, 0.15) is 0 Å². The van der Waals surface area contributed by atoms with E-state index in [1.807, 2.05) is 32.0 Å². The van der Waals surface area contributed by atoms with Gasteiger partial charge in [0, 0.05) is 24.4 Å². The molecule has 3 N–H and O–H groups in total. The summed E-state index contributed by atoms with van der Waals surface area (Å²) in [4.78, 5) is 24.2. The smallest absolute Gasteiger partial charge is 0.258 e. The molecule has 2 amide bonds. The molecule has 8 heteroatoms. The van der Waals surface area contributed by atoms with Crippen molar-refractivity contribution in [3.63, 3.8) is 0 Å². The molecule has 2 aromatic carbocycles. The highest BCUT2D eigenvalue weighted by Gasteiger charge is 2.12. The van der Waals surface area contributed by atoms with Gasteiger partial charge < -0.3 is 10.6 Å². The minimum Gasteiger partial charge on any atom is -0.332 e. The SMILES string of the molecule is CC(C)C(=O)Nc1cccc(NC(=S)NC(=O)c2cc(I)ccc2I)c1. The Morgan fingerprint density at radius 2 is 1.65 bits per heavy atom. The molecule has 2 rings (SSSR count). The number of rotatable bonds is 4. The average Bonchev–Trinajstić information content (AvgIpc) is 2.57. The first-order valence-corrected chi connectivity index (χ1v) is 10.3. The molecule has 0 saturated carbocycles. The Morgan fingerprint density at radius 3 is 2.31 bits per heavy atom. The number of benzene rings is 2. The first kappa shape index (κ1) is 21.0. The van der Waals surface area contributed by atoms with Gasteiger partial charge >= 0.3 is 0 Å². The maximum Gasteiger partial charge on any atom is 0.258 e. The van der Waals surface area contributed by atoms with E-state index >= 15 is 0 Å². The monoisotopic (exact) mass is 593 g/mol. The number of carbonyl (C=O) groups is 2. The second kappa shape index (κ2) is 9.60. The lowest BCUT2D eigenvalue weighted by Gasteiger charge is -2.12. The lowest BCUT2D eigenvalue weighted by atomic mass is 10.2. The summed E-state index contributed by atoms with van der Waals surface area (Å²) in [7, 11) is 0. The molecule has 0 aliphatic carbocycles. The van der Waals surface area contributed by atoms with Crippen molar-refractivity contribution in [2.45, 2.75) is 13.8 Å². The molecule has 0 unspecified atom stereocenters. The van der Waals surface area contributed by atoms with E-state index in [0.717, 1.165) is 7.14 Å². The molecular weight excluding hydrogens is 576 g/mol. The van der Waals surface area contributed by atoms with Gasteiger partial charge in [0.2, 0.25) is 5.91 Å².